The number of thioether (sulfide) groups is 2. The monoisotopic (exact) mass is 310 g/mol. The van der Waals surface area contributed by atoms with Gasteiger partial charge in [0.2, 0.25) is 5.60 Å². The number of halogens is 3. The molecule has 1 unspecified atom stereocenters. The zero-order chi connectivity index (χ0) is 13.3. The lowest BCUT2D eigenvalue weighted by molar-refractivity contribution is -0.233. The predicted molar refractivity (Wildman–Crippen MR) is 63.7 cm³/mol. The summed E-state index contributed by atoms with van der Waals surface area (Å²) in [5.41, 5.74) is -2.67. The molecule has 1 aliphatic heterocycles. The first-order valence-corrected chi connectivity index (χ1v) is 8.68. The third-order valence-corrected chi connectivity index (χ3v) is 6.18. The molecule has 17 heavy (non-hydrogen) atoms. The third kappa shape index (κ3) is 3.93. The summed E-state index contributed by atoms with van der Waals surface area (Å²) in [6, 6.07) is 0. The average molecular weight is 310 g/mol. The first kappa shape index (κ1) is 15.5. The van der Waals surface area contributed by atoms with Crippen molar-refractivity contribution in [3.63, 3.8) is 0 Å². The van der Waals surface area contributed by atoms with Crippen molar-refractivity contribution >= 4 is 33.6 Å². The van der Waals surface area contributed by atoms with Crippen molar-refractivity contribution in [1.29, 1.82) is 0 Å². The molecule has 0 N–H and O–H groups in total. The molecule has 1 fully saturated rings. The molecule has 0 bridgehead atoms. The summed E-state index contributed by atoms with van der Waals surface area (Å²) in [6.07, 6.45) is -3.27. The van der Waals surface area contributed by atoms with Gasteiger partial charge in [-0.15, -0.1) is 23.5 Å². The molecule has 0 spiro atoms. The molecule has 1 aliphatic rings. The highest BCUT2D eigenvalue weighted by Crippen LogP contribution is 2.48. The van der Waals surface area contributed by atoms with Crippen LogP contribution in [0.5, 0.6) is 0 Å². The Morgan fingerprint density at radius 2 is 1.71 bits per heavy atom. The maximum Gasteiger partial charge on any atom is 0.420 e. The fourth-order valence-corrected chi connectivity index (χ4v) is 5.48. The average Bonchev–Trinajstić information content (AvgIpc) is 2.14. The van der Waals surface area contributed by atoms with E-state index in [1.165, 1.54) is 0 Å². The third-order valence-electron chi connectivity index (χ3n) is 2.16. The Bertz CT molecular complexity index is 362. The standard InChI is InChI=1S/C8H13F3O3S3/c1-7(8(9,10)11,14-17(2,12)13)6-15-4-3-5-16-6/h6H,3-5H2,1-2H3. The normalized spacial score (nSPS) is 23.4. The van der Waals surface area contributed by atoms with E-state index >= 15 is 0 Å². The number of hydrogen-bond acceptors (Lipinski definition) is 5. The van der Waals surface area contributed by atoms with E-state index in [-0.39, 0.29) is 0 Å². The van der Waals surface area contributed by atoms with Crippen LogP contribution in [0.3, 0.4) is 0 Å². The smallest absolute Gasteiger partial charge is 0.252 e. The maximum absolute atomic E-state index is 13.0. The lowest BCUT2D eigenvalue weighted by Gasteiger charge is -2.38. The minimum absolute atomic E-state index is 0.580. The van der Waals surface area contributed by atoms with Crippen LogP contribution in [0.15, 0.2) is 0 Å². The molecule has 1 rings (SSSR count). The van der Waals surface area contributed by atoms with Crippen LogP contribution in [-0.4, -0.2) is 42.5 Å². The Morgan fingerprint density at radius 1 is 1.24 bits per heavy atom. The first-order chi connectivity index (χ1) is 7.56. The van der Waals surface area contributed by atoms with Crippen molar-refractivity contribution in [2.75, 3.05) is 17.8 Å². The van der Waals surface area contributed by atoms with Crippen molar-refractivity contribution in [3.8, 4) is 0 Å². The SMILES string of the molecule is CC(OS(C)(=O)=O)(C1SCCCS1)C(F)(F)F. The van der Waals surface area contributed by atoms with Crippen LogP contribution >= 0.6 is 23.5 Å². The second-order valence-corrected chi connectivity index (χ2v) is 8.12. The van der Waals surface area contributed by atoms with Gasteiger partial charge in [-0.25, -0.2) is 0 Å². The molecule has 0 aromatic carbocycles. The van der Waals surface area contributed by atoms with E-state index in [2.05, 4.69) is 4.18 Å². The largest absolute Gasteiger partial charge is 0.420 e. The zero-order valence-electron chi connectivity index (χ0n) is 9.28. The van der Waals surface area contributed by atoms with Gasteiger partial charge >= 0.3 is 6.18 Å². The maximum atomic E-state index is 13.0. The van der Waals surface area contributed by atoms with E-state index < -0.39 is 26.5 Å². The summed E-state index contributed by atoms with van der Waals surface area (Å²) >= 11 is 2.18. The van der Waals surface area contributed by atoms with E-state index in [1.54, 1.807) is 0 Å². The van der Waals surface area contributed by atoms with Crippen molar-refractivity contribution in [2.24, 2.45) is 0 Å². The highest BCUT2D eigenvalue weighted by Gasteiger charge is 2.60. The van der Waals surface area contributed by atoms with E-state index in [1.807, 2.05) is 0 Å². The summed E-state index contributed by atoms with van der Waals surface area (Å²) in [4.78, 5) is 0. The lowest BCUT2D eigenvalue weighted by Crippen LogP contribution is -2.53. The summed E-state index contributed by atoms with van der Waals surface area (Å²) in [7, 11) is -4.16. The highest BCUT2D eigenvalue weighted by molar-refractivity contribution is 8.17. The molecule has 1 saturated heterocycles. The fraction of sp³-hybridized carbons (Fsp3) is 1.00. The van der Waals surface area contributed by atoms with Crippen molar-refractivity contribution in [3.05, 3.63) is 0 Å². The van der Waals surface area contributed by atoms with Gasteiger partial charge in [0.1, 0.15) is 0 Å². The minimum atomic E-state index is -4.72. The Kier molecular flexibility index (Phi) is 4.71. The highest BCUT2D eigenvalue weighted by atomic mass is 32.2. The van der Waals surface area contributed by atoms with Gasteiger partial charge in [-0.05, 0) is 24.9 Å². The van der Waals surface area contributed by atoms with Gasteiger partial charge in [0.15, 0.2) is 0 Å². The van der Waals surface area contributed by atoms with E-state index in [0.29, 0.717) is 17.8 Å². The number of hydrogen-bond donors (Lipinski definition) is 0. The van der Waals surface area contributed by atoms with Gasteiger partial charge in [-0.2, -0.15) is 21.6 Å². The molecule has 0 aliphatic carbocycles. The quantitative estimate of drug-likeness (QED) is 0.749. The van der Waals surface area contributed by atoms with Gasteiger partial charge in [0.25, 0.3) is 10.1 Å². The van der Waals surface area contributed by atoms with E-state index in [0.717, 1.165) is 36.9 Å². The lowest BCUT2D eigenvalue weighted by atomic mass is 10.1. The first-order valence-electron chi connectivity index (χ1n) is 4.77. The van der Waals surface area contributed by atoms with Crippen LogP contribution < -0.4 is 0 Å². The topological polar surface area (TPSA) is 43.4 Å². The molecule has 0 aromatic heterocycles. The van der Waals surface area contributed by atoms with E-state index in [4.69, 9.17) is 0 Å². The Morgan fingerprint density at radius 3 is 2.06 bits per heavy atom. The summed E-state index contributed by atoms with van der Waals surface area (Å²) in [5.74, 6) is 1.16. The van der Waals surface area contributed by atoms with Crippen LogP contribution in [0.1, 0.15) is 13.3 Å². The Balaban J connectivity index is 3.01. The molecule has 0 saturated carbocycles. The van der Waals surface area contributed by atoms with Crippen molar-refractivity contribution in [2.45, 2.75) is 29.7 Å². The van der Waals surface area contributed by atoms with Crippen LogP contribution in [-0.2, 0) is 14.3 Å². The molecule has 3 nitrogen and oxygen atoms in total. The number of alkyl halides is 3. The molecular weight excluding hydrogens is 297 g/mol. The summed E-state index contributed by atoms with van der Waals surface area (Å²) in [5, 5.41) is 0. The van der Waals surface area contributed by atoms with Crippen LogP contribution in [0.25, 0.3) is 0 Å². The zero-order valence-corrected chi connectivity index (χ0v) is 11.7. The van der Waals surface area contributed by atoms with Gasteiger partial charge in [0, 0.05) is 0 Å². The minimum Gasteiger partial charge on any atom is -0.252 e. The molecule has 102 valence electrons. The predicted octanol–water partition coefficient (Wildman–Crippen LogP) is 2.48. The van der Waals surface area contributed by atoms with Gasteiger partial charge in [0.05, 0.1) is 10.8 Å². The fourth-order valence-electron chi connectivity index (χ4n) is 1.34. The van der Waals surface area contributed by atoms with Crippen LogP contribution in [0.2, 0.25) is 0 Å². The van der Waals surface area contributed by atoms with Gasteiger partial charge < -0.3 is 0 Å². The second kappa shape index (κ2) is 5.18. The number of rotatable bonds is 3. The van der Waals surface area contributed by atoms with Crippen molar-refractivity contribution < 1.29 is 25.8 Å². The van der Waals surface area contributed by atoms with Crippen LogP contribution in [0, 0.1) is 0 Å². The Hall–Kier alpha value is 0.400. The molecule has 1 heterocycles. The van der Waals surface area contributed by atoms with Crippen LogP contribution in [0.4, 0.5) is 13.2 Å². The molecule has 0 radical (unpaired) electrons. The second-order valence-electron chi connectivity index (χ2n) is 3.82. The van der Waals surface area contributed by atoms with Crippen molar-refractivity contribution in [1.82, 2.24) is 0 Å². The Labute approximate surface area is 107 Å². The van der Waals surface area contributed by atoms with E-state index in [9.17, 15) is 21.6 Å². The van der Waals surface area contributed by atoms with Gasteiger partial charge in [-0.1, -0.05) is 0 Å². The summed E-state index contributed by atoms with van der Waals surface area (Å²) < 4.78 is 64.4. The molecule has 1 atom stereocenters. The molecule has 0 amide bonds. The van der Waals surface area contributed by atoms with Gasteiger partial charge in [-0.3, -0.25) is 4.18 Å². The molecule has 9 heteroatoms. The molecule has 0 aromatic rings. The molecular formula is C8H13F3O3S3. The summed E-state index contributed by atoms with van der Waals surface area (Å²) in [6.45, 7) is 0.796.